The third-order valence-corrected chi connectivity index (χ3v) is 7.79. The van der Waals surface area contributed by atoms with Gasteiger partial charge < -0.3 is 15.3 Å². The van der Waals surface area contributed by atoms with E-state index in [9.17, 15) is 0 Å². The fourth-order valence-corrected chi connectivity index (χ4v) is 3.80. The quantitative estimate of drug-likeness (QED) is 0.297. The largest absolute Gasteiger partial charge is 0.508 e. The Morgan fingerprint density at radius 3 is 0.906 bits per heavy atom. The van der Waals surface area contributed by atoms with Gasteiger partial charge in [-0.25, -0.2) is 0 Å². The Morgan fingerprint density at radius 1 is 0.531 bits per heavy atom. The SMILES string of the molecule is CC1=C(C)C(C)(C)[C]([Zr])=C1C.Oc1ccccc1.Oc1ccccc1.Oc1ccccc1. The van der Waals surface area contributed by atoms with Crippen molar-refractivity contribution in [3.8, 4) is 17.2 Å². The predicted octanol–water partition coefficient (Wildman–Crippen LogP) is 7.36. The molecule has 0 spiro atoms. The molecule has 32 heavy (non-hydrogen) atoms. The van der Waals surface area contributed by atoms with Crippen molar-refractivity contribution < 1.29 is 40.0 Å². The summed E-state index contributed by atoms with van der Waals surface area (Å²) in [6.07, 6.45) is 0. The zero-order valence-electron chi connectivity index (χ0n) is 19.5. The van der Waals surface area contributed by atoms with Gasteiger partial charge in [-0.1, -0.05) is 54.6 Å². The van der Waals surface area contributed by atoms with Gasteiger partial charge in [0.25, 0.3) is 0 Å². The van der Waals surface area contributed by atoms with Crippen LogP contribution in [0.4, 0.5) is 0 Å². The normalized spacial score (nSPS) is 13.6. The second-order valence-corrected chi connectivity index (χ2v) is 9.11. The molecule has 1 aliphatic carbocycles. The van der Waals surface area contributed by atoms with Crippen molar-refractivity contribution >= 4 is 0 Å². The summed E-state index contributed by atoms with van der Waals surface area (Å²) in [6, 6.07) is 26.1. The number of para-hydroxylation sites is 3. The Morgan fingerprint density at radius 2 is 0.812 bits per heavy atom. The molecular weight excluding hydrogens is 476 g/mol. The Kier molecular flexibility index (Phi) is 11.8. The maximum Gasteiger partial charge on any atom is 0.115 e. The number of hydrogen-bond donors (Lipinski definition) is 3. The first-order chi connectivity index (χ1) is 15.1. The zero-order chi connectivity index (χ0) is 24.1. The summed E-state index contributed by atoms with van der Waals surface area (Å²) in [5, 5.41) is 25.9. The first-order valence-electron chi connectivity index (χ1n) is 10.4. The van der Waals surface area contributed by atoms with Crippen molar-refractivity contribution in [2.24, 2.45) is 5.41 Å². The van der Waals surface area contributed by atoms with Crippen LogP contribution in [0, 0.1) is 5.41 Å². The van der Waals surface area contributed by atoms with Crippen molar-refractivity contribution in [1.29, 1.82) is 0 Å². The number of hydrogen-bond acceptors (Lipinski definition) is 3. The van der Waals surface area contributed by atoms with E-state index in [1.807, 2.05) is 18.2 Å². The summed E-state index contributed by atoms with van der Waals surface area (Å²) in [5.74, 6) is 0.965. The monoisotopic (exact) mass is 507 g/mol. The summed E-state index contributed by atoms with van der Waals surface area (Å²) in [6.45, 7) is 11.4. The fourth-order valence-electron chi connectivity index (χ4n) is 2.88. The first kappa shape index (κ1) is 27.5. The van der Waals surface area contributed by atoms with Gasteiger partial charge in [-0.15, -0.1) is 0 Å². The second kappa shape index (κ2) is 13.8. The number of phenolic OH excluding ortho intramolecular Hbond substituents is 3. The minimum Gasteiger partial charge on any atom is -0.508 e. The summed E-state index contributed by atoms with van der Waals surface area (Å²) < 4.78 is 1.62. The Labute approximate surface area is 207 Å². The molecular formula is C28H33O3Zr. The van der Waals surface area contributed by atoms with Crippen molar-refractivity contribution in [2.45, 2.75) is 34.6 Å². The molecule has 0 saturated heterocycles. The van der Waals surface area contributed by atoms with Crippen LogP contribution in [0.1, 0.15) is 34.6 Å². The van der Waals surface area contributed by atoms with Gasteiger partial charge in [0.2, 0.25) is 0 Å². The predicted molar refractivity (Wildman–Crippen MR) is 129 cm³/mol. The topological polar surface area (TPSA) is 60.7 Å². The van der Waals surface area contributed by atoms with Crippen molar-refractivity contribution in [1.82, 2.24) is 0 Å². The van der Waals surface area contributed by atoms with Crippen LogP contribution in [-0.4, -0.2) is 15.3 Å². The van der Waals surface area contributed by atoms with Gasteiger partial charge in [0, 0.05) is 0 Å². The standard InChI is InChI=1S/C10H15.3C6H6O.Zr/c1-7-6-10(4,5)9(3)8(7)2;3*7-6-4-2-1-3-5-6;/h1-5H3;3*1-5,7H;. The van der Waals surface area contributed by atoms with Crippen LogP contribution < -0.4 is 0 Å². The van der Waals surface area contributed by atoms with E-state index in [0.717, 1.165) is 0 Å². The molecule has 3 N–H and O–H groups in total. The van der Waals surface area contributed by atoms with Gasteiger partial charge in [0.05, 0.1) is 0 Å². The Hall–Kier alpha value is -2.58. The molecule has 3 aromatic carbocycles. The number of allylic oxidation sites excluding steroid dienone is 4. The molecule has 0 radical (unpaired) electrons. The summed E-state index contributed by atoms with van der Waals surface area (Å²) >= 11 is 1.57. The molecule has 0 bridgehead atoms. The molecule has 0 amide bonds. The van der Waals surface area contributed by atoms with E-state index in [-0.39, 0.29) is 0 Å². The smallest absolute Gasteiger partial charge is 0.115 e. The molecule has 0 atom stereocenters. The Bertz CT molecular complexity index is 877. The number of rotatable bonds is 0. The second-order valence-electron chi connectivity index (χ2n) is 7.88. The summed E-state index contributed by atoms with van der Waals surface area (Å²) in [4.78, 5) is 0. The van der Waals surface area contributed by atoms with E-state index in [4.69, 9.17) is 15.3 Å². The van der Waals surface area contributed by atoms with Gasteiger partial charge in [-0.2, -0.15) is 0 Å². The molecule has 3 nitrogen and oxygen atoms in total. The van der Waals surface area contributed by atoms with Gasteiger partial charge >= 0.3 is 84.8 Å². The van der Waals surface area contributed by atoms with E-state index in [0.29, 0.717) is 22.7 Å². The molecule has 0 aliphatic heterocycles. The van der Waals surface area contributed by atoms with Gasteiger partial charge in [-0.05, 0) is 36.4 Å². The molecule has 167 valence electrons. The molecule has 4 rings (SSSR count). The average Bonchev–Trinajstić information content (AvgIpc) is 2.91. The van der Waals surface area contributed by atoms with Gasteiger partial charge in [0.1, 0.15) is 17.2 Å². The van der Waals surface area contributed by atoms with Gasteiger partial charge in [0.15, 0.2) is 0 Å². The third-order valence-electron chi connectivity index (χ3n) is 5.33. The van der Waals surface area contributed by atoms with Crippen LogP contribution in [0.25, 0.3) is 0 Å². The van der Waals surface area contributed by atoms with Crippen LogP contribution in [0.2, 0.25) is 0 Å². The van der Waals surface area contributed by atoms with Crippen LogP contribution >= 0.6 is 0 Å². The fraction of sp³-hybridized carbons (Fsp3) is 0.214. The van der Waals surface area contributed by atoms with E-state index < -0.39 is 0 Å². The van der Waals surface area contributed by atoms with Crippen LogP contribution in [-0.2, 0) is 24.7 Å². The maximum atomic E-state index is 8.63. The van der Waals surface area contributed by atoms with Crippen LogP contribution in [0.15, 0.2) is 111 Å². The summed E-state index contributed by atoms with van der Waals surface area (Å²) in [7, 11) is 0. The summed E-state index contributed by atoms with van der Waals surface area (Å²) in [5.41, 5.74) is 4.96. The van der Waals surface area contributed by atoms with Gasteiger partial charge in [-0.3, -0.25) is 0 Å². The molecule has 1 aliphatic rings. The molecule has 4 heteroatoms. The maximum absolute atomic E-state index is 8.63. The van der Waals surface area contributed by atoms with E-state index in [2.05, 4.69) is 34.6 Å². The minimum absolute atomic E-state index is 0.322. The Balaban J connectivity index is 0.000000218. The molecule has 0 aromatic heterocycles. The number of benzene rings is 3. The number of aromatic hydroxyl groups is 3. The van der Waals surface area contributed by atoms with Crippen LogP contribution in [0.3, 0.4) is 0 Å². The molecule has 0 unspecified atom stereocenters. The van der Waals surface area contributed by atoms with E-state index >= 15 is 0 Å². The third kappa shape index (κ3) is 9.28. The molecule has 0 saturated carbocycles. The van der Waals surface area contributed by atoms with E-state index in [1.54, 1.807) is 106 Å². The van der Waals surface area contributed by atoms with Crippen molar-refractivity contribution in [2.75, 3.05) is 0 Å². The van der Waals surface area contributed by atoms with Crippen LogP contribution in [0.5, 0.6) is 17.2 Å². The molecule has 3 aromatic rings. The minimum atomic E-state index is 0.322. The first-order valence-corrected chi connectivity index (χ1v) is 11.6. The molecule has 0 heterocycles. The number of phenols is 3. The van der Waals surface area contributed by atoms with E-state index in [1.165, 1.54) is 11.1 Å². The van der Waals surface area contributed by atoms with Crippen molar-refractivity contribution in [3.63, 3.8) is 0 Å². The van der Waals surface area contributed by atoms with Crippen molar-refractivity contribution in [3.05, 3.63) is 111 Å². The zero-order valence-corrected chi connectivity index (χ0v) is 22.0. The average molecular weight is 509 g/mol. The molecule has 0 fully saturated rings.